The molecule has 4 heteroatoms. The van der Waals surface area contributed by atoms with Crippen molar-refractivity contribution in [3.63, 3.8) is 0 Å². The summed E-state index contributed by atoms with van der Waals surface area (Å²) >= 11 is 1.68. The number of fused-ring (bicyclic) bond motifs is 1. The topological polar surface area (TPSA) is 48.1 Å². The maximum Gasteiger partial charge on any atom is 0.119 e. The smallest absolute Gasteiger partial charge is 0.119 e. The van der Waals surface area contributed by atoms with Gasteiger partial charge in [0.25, 0.3) is 0 Å². The molecule has 0 saturated heterocycles. The molecule has 2 aromatic heterocycles. The van der Waals surface area contributed by atoms with Crippen LogP contribution in [0.3, 0.4) is 0 Å². The van der Waals surface area contributed by atoms with Crippen LogP contribution in [0.1, 0.15) is 17.2 Å². The average Bonchev–Trinajstić information content (AvgIpc) is 2.94. The number of rotatable bonds is 3. The van der Waals surface area contributed by atoms with Gasteiger partial charge in [0.2, 0.25) is 0 Å². The number of hydrogen-bond acceptors (Lipinski definition) is 4. The summed E-state index contributed by atoms with van der Waals surface area (Å²) in [6.07, 6.45) is 1.85. The molecule has 3 aromatic rings. The lowest BCUT2D eigenvalue weighted by Crippen LogP contribution is -2.12. The summed E-state index contributed by atoms with van der Waals surface area (Å²) in [6, 6.07) is 11.8. The SMILES string of the molecule is COc1cccc(C(N)c2cnc3ccsc3c2)c1. The van der Waals surface area contributed by atoms with E-state index in [0.717, 1.165) is 27.1 Å². The van der Waals surface area contributed by atoms with Gasteiger partial charge in [-0.15, -0.1) is 11.3 Å². The molecular formula is C15H14N2OS. The minimum absolute atomic E-state index is 0.186. The Hall–Kier alpha value is -1.91. The van der Waals surface area contributed by atoms with Crippen molar-refractivity contribution in [3.8, 4) is 5.75 Å². The molecule has 0 aliphatic rings. The highest BCUT2D eigenvalue weighted by molar-refractivity contribution is 7.17. The van der Waals surface area contributed by atoms with E-state index in [4.69, 9.17) is 10.5 Å². The molecule has 1 unspecified atom stereocenters. The standard InChI is InChI=1S/C15H14N2OS/c1-18-12-4-2-3-10(7-12)15(16)11-8-14-13(17-9-11)5-6-19-14/h2-9,15H,16H2,1H3. The molecule has 0 spiro atoms. The van der Waals surface area contributed by atoms with Crippen molar-refractivity contribution < 1.29 is 4.74 Å². The second-order valence-corrected chi connectivity index (χ2v) is 5.27. The first-order valence-corrected chi connectivity index (χ1v) is 6.88. The van der Waals surface area contributed by atoms with Crippen molar-refractivity contribution >= 4 is 21.6 Å². The van der Waals surface area contributed by atoms with Crippen LogP contribution in [-0.2, 0) is 0 Å². The van der Waals surface area contributed by atoms with Crippen LogP contribution in [0.5, 0.6) is 5.75 Å². The molecule has 96 valence electrons. The van der Waals surface area contributed by atoms with Gasteiger partial charge in [-0.1, -0.05) is 12.1 Å². The fourth-order valence-corrected chi connectivity index (χ4v) is 2.85. The molecular weight excluding hydrogens is 256 g/mol. The molecule has 1 atom stereocenters. The van der Waals surface area contributed by atoms with Gasteiger partial charge in [-0.25, -0.2) is 0 Å². The first-order chi connectivity index (χ1) is 9.28. The zero-order chi connectivity index (χ0) is 13.2. The van der Waals surface area contributed by atoms with Crippen LogP contribution in [0.4, 0.5) is 0 Å². The summed E-state index contributed by atoms with van der Waals surface area (Å²) in [4.78, 5) is 4.43. The number of benzene rings is 1. The van der Waals surface area contributed by atoms with Gasteiger partial charge >= 0.3 is 0 Å². The van der Waals surface area contributed by atoms with Crippen LogP contribution in [0.15, 0.2) is 48.0 Å². The fraction of sp³-hybridized carbons (Fsp3) is 0.133. The lowest BCUT2D eigenvalue weighted by atomic mass is 10.0. The van der Waals surface area contributed by atoms with E-state index in [-0.39, 0.29) is 6.04 Å². The quantitative estimate of drug-likeness (QED) is 0.794. The number of methoxy groups -OCH3 is 1. The van der Waals surface area contributed by atoms with E-state index in [1.54, 1.807) is 18.4 Å². The molecule has 0 aliphatic heterocycles. The van der Waals surface area contributed by atoms with Gasteiger partial charge in [-0.05, 0) is 40.8 Å². The molecule has 0 bridgehead atoms. The second kappa shape index (κ2) is 4.99. The molecule has 0 radical (unpaired) electrons. The first-order valence-electron chi connectivity index (χ1n) is 6.00. The van der Waals surface area contributed by atoms with E-state index in [9.17, 15) is 0 Å². The number of thiophene rings is 1. The highest BCUT2D eigenvalue weighted by atomic mass is 32.1. The number of ether oxygens (including phenoxy) is 1. The first kappa shape index (κ1) is 12.1. The highest BCUT2D eigenvalue weighted by Crippen LogP contribution is 2.26. The molecule has 0 fully saturated rings. The third-order valence-corrected chi connectivity index (χ3v) is 3.99. The van der Waals surface area contributed by atoms with E-state index < -0.39 is 0 Å². The fourth-order valence-electron chi connectivity index (χ4n) is 2.06. The molecule has 3 nitrogen and oxygen atoms in total. The predicted octanol–water partition coefficient (Wildman–Crippen LogP) is 3.35. The van der Waals surface area contributed by atoms with Crippen molar-refractivity contribution in [1.29, 1.82) is 0 Å². The summed E-state index contributed by atoms with van der Waals surface area (Å²) < 4.78 is 6.39. The van der Waals surface area contributed by atoms with E-state index in [0.29, 0.717) is 0 Å². The van der Waals surface area contributed by atoms with Crippen LogP contribution in [0.2, 0.25) is 0 Å². The number of nitrogens with two attached hydrogens (primary N) is 1. The Morgan fingerprint density at radius 2 is 2.11 bits per heavy atom. The van der Waals surface area contributed by atoms with Crippen LogP contribution in [0, 0.1) is 0 Å². The zero-order valence-electron chi connectivity index (χ0n) is 10.5. The van der Waals surface area contributed by atoms with Crippen molar-refractivity contribution in [1.82, 2.24) is 4.98 Å². The van der Waals surface area contributed by atoms with Gasteiger partial charge in [0, 0.05) is 6.20 Å². The summed E-state index contributed by atoms with van der Waals surface area (Å²) in [5.41, 5.74) is 9.37. The Morgan fingerprint density at radius 3 is 2.95 bits per heavy atom. The van der Waals surface area contributed by atoms with Gasteiger partial charge < -0.3 is 10.5 Å². The van der Waals surface area contributed by atoms with Crippen molar-refractivity contribution in [3.05, 3.63) is 59.1 Å². The Kier molecular flexibility index (Phi) is 3.19. The highest BCUT2D eigenvalue weighted by Gasteiger charge is 2.11. The maximum absolute atomic E-state index is 6.31. The monoisotopic (exact) mass is 270 g/mol. The van der Waals surface area contributed by atoms with Crippen molar-refractivity contribution in [2.45, 2.75) is 6.04 Å². The summed E-state index contributed by atoms with van der Waals surface area (Å²) in [5.74, 6) is 0.818. The largest absolute Gasteiger partial charge is 0.497 e. The maximum atomic E-state index is 6.31. The third kappa shape index (κ3) is 2.32. The van der Waals surface area contributed by atoms with Gasteiger partial charge in [0.05, 0.1) is 23.4 Å². The number of hydrogen-bond donors (Lipinski definition) is 1. The minimum Gasteiger partial charge on any atom is -0.497 e. The number of pyridine rings is 1. The Morgan fingerprint density at radius 1 is 1.21 bits per heavy atom. The molecule has 2 heterocycles. The van der Waals surface area contributed by atoms with Crippen LogP contribution in [-0.4, -0.2) is 12.1 Å². The molecule has 0 amide bonds. The van der Waals surface area contributed by atoms with E-state index in [1.165, 1.54) is 0 Å². The normalized spacial score (nSPS) is 12.5. The minimum atomic E-state index is -0.186. The van der Waals surface area contributed by atoms with Gasteiger partial charge in [0.1, 0.15) is 5.75 Å². The zero-order valence-corrected chi connectivity index (χ0v) is 11.4. The summed E-state index contributed by atoms with van der Waals surface area (Å²) in [6.45, 7) is 0. The molecule has 0 aliphatic carbocycles. The average molecular weight is 270 g/mol. The molecule has 0 saturated carbocycles. The second-order valence-electron chi connectivity index (χ2n) is 4.33. The molecule has 19 heavy (non-hydrogen) atoms. The van der Waals surface area contributed by atoms with E-state index >= 15 is 0 Å². The predicted molar refractivity (Wildman–Crippen MR) is 78.6 cm³/mol. The lowest BCUT2D eigenvalue weighted by Gasteiger charge is -2.13. The van der Waals surface area contributed by atoms with Gasteiger partial charge in [-0.3, -0.25) is 4.98 Å². The summed E-state index contributed by atoms with van der Waals surface area (Å²) in [7, 11) is 1.66. The Labute approximate surface area is 115 Å². The molecule has 1 aromatic carbocycles. The number of aromatic nitrogens is 1. The van der Waals surface area contributed by atoms with Gasteiger partial charge in [-0.2, -0.15) is 0 Å². The van der Waals surface area contributed by atoms with Crippen LogP contribution in [0.25, 0.3) is 10.2 Å². The van der Waals surface area contributed by atoms with E-state index in [2.05, 4.69) is 11.1 Å². The van der Waals surface area contributed by atoms with Gasteiger partial charge in [0.15, 0.2) is 0 Å². The Balaban J connectivity index is 1.99. The third-order valence-electron chi connectivity index (χ3n) is 3.14. The lowest BCUT2D eigenvalue weighted by molar-refractivity contribution is 0.414. The number of nitrogens with zero attached hydrogens (tertiary/aromatic N) is 1. The van der Waals surface area contributed by atoms with E-state index in [1.807, 2.05) is 41.9 Å². The van der Waals surface area contributed by atoms with Crippen molar-refractivity contribution in [2.24, 2.45) is 5.73 Å². The summed E-state index contributed by atoms with van der Waals surface area (Å²) in [5, 5.41) is 2.04. The molecule has 2 N–H and O–H groups in total. The van der Waals surface area contributed by atoms with Crippen molar-refractivity contribution in [2.75, 3.05) is 7.11 Å². The van der Waals surface area contributed by atoms with Crippen LogP contribution >= 0.6 is 11.3 Å². The molecule has 3 rings (SSSR count). The Bertz CT molecular complexity index is 708. The van der Waals surface area contributed by atoms with Crippen LogP contribution < -0.4 is 10.5 Å².